The first-order chi connectivity index (χ1) is 9.60. The van der Waals surface area contributed by atoms with E-state index in [0.717, 1.165) is 19.3 Å². The fraction of sp³-hybridized carbons (Fsp3) is 0.571. The summed E-state index contributed by atoms with van der Waals surface area (Å²) in [6.45, 7) is 4.09. The molecule has 3 N–H and O–H groups in total. The number of para-hydroxylation sites is 1. The zero-order chi connectivity index (χ0) is 15.0. The third kappa shape index (κ3) is 4.70. The summed E-state index contributed by atoms with van der Waals surface area (Å²) >= 11 is 0. The third-order valence-electron chi connectivity index (χ3n) is 3.13. The molecule has 1 aromatic rings. The molecular weight excluding hydrogens is 258 g/mol. The number of nitrogens with zero attached hydrogens (tertiary/aromatic N) is 1. The van der Waals surface area contributed by atoms with Crippen LogP contribution in [0.1, 0.15) is 46.0 Å². The number of hydrazine groups is 1. The standard InChI is InChI=1S/C14H23N3O3/c1-3-4-5-6-8-11(2)20-13-10-7-9-12(16-15)14(13)17(18)19/h7,9-11,16H,3-6,8,15H2,1-2H3. The molecule has 20 heavy (non-hydrogen) atoms. The molecule has 0 amide bonds. The number of nitrogen functional groups attached to an aromatic ring is 1. The summed E-state index contributed by atoms with van der Waals surface area (Å²) in [5.74, 6) is 5.55. The van der Waals surface area contributed by atoms with Crippen molar-refractivity contribution in [3.05, 3.63) is 28.3 Å². The van der Waals surface area contributed by atoms with E-state index in [9.17, 15) is 10.1 Å². The Morgan fingerprint density at radius 3 is 2.75 bits per heavy atom. The molecule has 0 aliphatic rings. The molecule has 0 saturated heterocycles. The Hall–Kier alpha value is -1.82. The summed E-state index contributed by atoms with van der Waals surface area (Å²) in [7, 11) is 0. The molecule has 1 aromatic carbocycles. The average molecular weight is 281 g/mol. The molecule has 0 saturated carbocycles. The van der Waals surface area contributed by atoms with Crippen molar-refractivity contribution < 1.29 is 9.66 Å². The lowest BCUT2D eigenvalue weighted by atomic mass is 10.1. The van der Waals surface area contributed by atoms with E-state index >= 15 is 0 Å². The van der Waals surface area contributed by atoms with Crippen LogP contribution in [-0.4, -0.2) is 11.0 Å². The third-order valence-corrected chi connectivity index (χ3v) is 3.13. The van der Waals surface area contributed by atoms with Crippen molar-refractivity contribution in [2.45, 2.75) is 52.1 Å². The minimum atomic E-state index is -0.478. The minimum absolute atomic E-state index is 0.0569. The van der Waals surface area contributed by atoms with Crippen LogP contribution in [0.3, 0.4) is 0 Å². The zero-order valence-corrected chi connectivity index (χ0v) is 12.1. The number of hydrogen-bond acceptors (Lipinski definition) is 5. The van der Waals surface area contributed by atoms with Gasteiger partial charge in [-0.1, -0.05) is 32.3 Å². The summed E-state index contributed by atoms with van der Waals surface area (Å²) in [6.07, 6.45) is 5.45. The van der Waals surface area contributed by atoms with Gasteiger partial charge in [0.25, 0.3) is 0 Å². The zero-order valence-electron chi connectivity index (χ0n) is 12.1. The van der Waals surface area contributed by atoms with Crippen LogP contribution < -0.4 is 16.0 Å². The Bertz CT molecular complexity index is 438. The summed E-state index contributed by atoms with van der Waals surface area (Å²) in [6, 6.07) is 4.83. The molecule has 1 rings (SSSR count). The highest BCUT2D eigenvalue weighted by molar-refractivity contribution is 5.67. The van der Waals surface area contributed by atoms with Crippen LogP contribution >= 0.6 is 0 Å². The quantitative estimate of drug-likeness (QED) is 0.312. The van der Waals surface area contributed by atoms with Crippen molar-refractivity contribution in [3.63, 3.8) is 0 Å². The molecule has 0 aliphatic carbocycles. The van der Waals surface area contributed by atoms with Crippen LogP contribution in [0.15, 0.2) is 18.2 Å². The summed E-state index contributed by atoms with van der Waals surface area (Å²) in [5, 5.41) is 11.1. The van der Waals surface area contributed by atoms with Gasteiger partial charge in [-0.2, -0.15) is 0 Å². The predicted octanol–water partition coefficient (Wildman–Crippen LogP) is 3.62. The second kappa shape index (κ2) is 8.37. The highest BCUT2D eigenvalue weighted by atomic mass is 16.6. The van der Waals surface area contributed by atoms with Crippen LogP contribution in [0.2, 0.25) is 0 Å². The lowest BCUT2D eigenvalue weighted by Crippen LogP contribution is -2.14. The molecule has 0 spiro atoms. The van der Waals surface area contributed by atoms with Gasteiger partial charge in [0.15, 0.2) is 5.75 Å². The van der Waals surface area contributed by atoms with Crippen molar-refractivity contribution in [1.29, 1.82) is 0 Å². The van der Waals surface area contributed by atoms with Gasteiger partial charge in [0.1, 0.15) is 5.69 Å². The van der Waals surface area contributed by atoms with Gasteiger partial charge in [0.2, 0.25) is 0 Å². The van der Waals surface area contributed by atoms with E-state index in [1.165, 1.54) is 12.8 Å². The van der Waals surface area contributed by atoms with Gasteiger partial charge in [0, 0.05) is 0 Å². The van der Waals surface area contributed by atoms with Crippen molar-refractivity contribution in [3.8, 4) is 5.75 Å². The molecule has 1 unspecified atom stereocenters. The fourth-order valence-electron chi connectivity index (χ4n) is 2.06. The minimum Gasteiger partial charge on any atom is -0.484 e. The van der Waals surface area contributed by atoms with E-state index in [1.807, 2.05) is 6.92 Å². The number of hydrogen-bond donors (Lipinski definition) is 2. The van der Waals surface area contributed by atoms with Gasteiger partial charge in [0.05, 0.1) is 11.0 Å². The second-order valence-electron chi connectivity index (χ2n) is 4.83. The number of nitrogens with two attached hydrogens (primary N) is 1. The molecule has 0 aromatic heterocycles. The monoisotopic (exact) mass is 281 g/mol. The predicted molar refractivity (Wildman–Crippen MR) is 79.8 cm³/mol. The highest BCUT2D eigenvalue weighted by Gasteiger charge is 2.21. The van der Waals surface area contributed by atoms with Crippen molar-refractivity contribution >= 4 is 11.4 Å². The van der Waals surface area contributed by atoms with Crippen LogP contribution in [-0.2, 0) is 0 Å². The maximum absolute atomic E-state index is 11.1. The lowest BCUT2D eigenvalue weighted by molar-refractivity contribution is -0.385. The SMILES string of the molecule is CCCCCCC(C)Oc1cccc(NN)c1[N+](=O)[O-]. The van der Waals surface area contributed by atoms with Crippen LogP contribution in [0.5, 0.6) is 5.75 Å². The Morgan fingerprint density at radius 2 is 2.15 bits per heavy atom. The molecule has 0 radical (unpaired) electrons. The van der Waals surface area contributed by atoms with Gasteiger partial charge in [-0.3, -0.25) is 16.0 Å². The molecule has 112 valence electrons. The van der Waals surface area contributed by atoms with Gasteiger partial charge < -0.3 is 10.2 Å². The normalized spacial score (nSPS) is 11.9. The van der Waals surface area contributed by atoms with Gasteiger partial charge in [-0.15, -0.1) is 0 Å². The maximum atomic E-state index is 11.1. The molecule has 6 heteroatoms. The number of nitrogens with one attached hydrogen (secondary N) is 1. The number of benzene rings is 1. The highest BCUT2D eigenvalue weighted by Crippen LogP contribution is 2.35. The summed E-state index contributed by atoms with van der Waals surface area (Å²) in [4.78, 5) is 10.6. The Morgan fingerprint density at radius 1 is 1.40 bits per heavy atom. The number of nitro benzene ring substituents is 1. The number of ether oxygens (including phenoxy) is 1. The average Bonchev–Trinajstić information content (AvgIpc) is 2.43. The number of nitro groups is 1. The van der Waals surface area contributed by atoms with E-state index in [4.69, 9.17) is 10.6 Å². The first-order valence-corrected chi connectivity index (χ1v) is 7.00. The van der Waals surface area contributed by atoms with Crippen LogP contribution in [0.4, 0.5) is 11.4 Å². The van der Waals surface area contributed by atoms with E-state index in [2.05, 4.69) is 12.3 Å². The first-order valence-electron chi connectivity index (χ1n) is 7.00. The smallest absolute Gasteiger partial charge is 0.335 e. The van der Waals surface area contributed by atoms with E-state index in [1.54, 1.807) is 18.2 Å². The molecule has 0 fully saturated rings. The van der Waals surface area contributed by atoms with E-state index in [0.29, 0.717) is 0 Å². The molecular formula is C14H23N3O3. The topological polar surface area (TPSA) is 90.4 Å². The second-order valence-corrected chi connectivity index (χ2v) is 4.83. The van der Waals surface area contributed by atoms with Crippen LogP contribution in [0.25, 0.3) is 0 Å². The van der Waals surface area contributed by atoms with Gasteiger partial charge >= 0.3 is 5.69 Å². The molecule has 1 atom stereocenters. The number of anilines is 1. The maximum Gasteiger partial charge on any atom is 0.335 e. The Labute approximate surface area is 119 Å². The first kappa shape index (κ1) is 16.2. The number of unbranched alkanes of at least 4 members (excludes halogenated alkanes) is 3. The number of rotatable bonds is 9. The van der Waals surface area contributed by atoms with E-state index in [-0.39, 0.29) is 23.2 Å². The van der Waals surface area contributed by atoms with Gasteiger partial charge in [-0.05, 0) is 31.9 Å². The summed E-state index contributed by atoms with van der Waals surface area (Å²) in [5.41, 5.74) is 2.47. The van der Waals surface area contributed by atoms with Crippen molar-refractivity contribution in [2.24, 2.45) is 5.84 Å². The van der Waals surface area contributed by atoms with Crippen molar-refractivity contribution in [2.75, 3.05) is 5.43 Å². The lowest BCUT2D eigenvalue weighted by Gasteiger charge is -2.15. The van der Waals surface area contributed by atoms with E-state index < -0.39 is 4.92 Å². The fourth-order valence-corrected chi connectivity index (χ4v) is 2.06. The molecule has 0 aliphatic heterocycles. The largest absolute Gasteiger partial charge is 0.484 e. The van der Waals surface area contributed by atoms with Crippen molar-refractivity contribution in [1.82, 2.24) is 0 Å². The molecule has 0 heterocycles. The Balaban J connectivity index is 2.69. The Kier molecular flexibility index (Phi) is 6.79. The molecule has 6 nitrogen and oxygen atoms in total. The molecule has 0 bridgehead atoms. The van der Waals surface area contributed by atoms with Gasteiger partial charge in [-0.25, -0.2) is 0 Å². The van der Waals surface area contributed by atoms with Crippen LogP contribution in [0, 0.1) is 10.1 Å². The summed E-state index contributed by atoms with van der Waals surface area (Å²) < 4.78 is 5.69.